The molecule has 1 fully saturated rings. The van der Waals surface area contributed by atoms with Gasteiger partial charge in [0.15, 0.2) is 0 Å². The summed E-state index contributed by atoms with van der Waals surface area (Å²) in [4.78, 5) is 29.5. The zero-order valence-electron chi connectivity index (χ0n) is 23.5. The van der Waals surface area contributed by atoms with E-state index in [2.05, 4.69) is 5.32 Å². The van der Waals surface area contributed by atoms with Crippen LogP contribution in [-0.2, 0) is 32.6 Å². The van der Waals surface area contributed by atoms with Gasteiger partial charge in [0, 0.05) is 24.0 Å². The Hall–Kier alpha value is -2.78. The van der Waals surface area contributed by atoms with Gasteiger partial charge in [-0.05, 0) is 60.7 Å². The molecule has 0 bridgehead atoms. The summed E-state index contributed by atoms with van der Waals surface area (Å²) < 4.78 is 26.9. The van der Waals surface area contributed by atoms with Crippen LogP contribution in [0.2, 0.25) is 15.1 Å². The molecule has 4 rings (SSSR count). The molecule has 3 aromatic rings. The molecule has 1 aliphatic rings. The normalized spacial score (nSPS) is 14.4. The van der Waals surface area contributed by atoms with Crippen molar-refractivity contribution in [3.63, 3.8) is 0 Å². The van der Waals surface area contributed by atoms with Gasteiger partial charge in [-0.15, -0.1) is 0 Å². The zero-order chi connectivity index (χ0) is 30.4. The fraction of sp³-hybridized carbons (Fsp3) is 0.355. The van der Waals surface area contributed by atoms with Crippen LogP contribution in [-0.4, -0.2) is 50.0 Å². The van der Waals surface area contributed by atoms with Crippen molar-refractivity contribution in [2.24, 2.45) is 0 Å². The minimum absolute atomic E-state index is 0.0115. The second-order valence-corrected chi connectivity index (χ2v) is 13.8. The Balaban J connectivity index is 1.74. The van der Waals surface area contributed by atoms with E-state index in [0.717, 1.165) is 47.4 Å². The number of benzene rings is 3. The average molecular weight is 651 g/mol. The minimum Gasteiger partial charge on any atom is -0.352 e. The third kappa shape index (κ3) is 8.40. The first-order valence-corrected chi connectivity index (χ1v) is 16.7. The van der Waals surface area contributed by atoms with Crippen LogP contribution < -0.4 is 9.62 Å². The topological polar surface area (TPSA) is 86.8 Å². The molecule has 0 spiro atoms. The summed E-state index contributed by atoms with van der Waals surface area (Å²) in [5.74, 6) is -0.839. The molecule has 1 aliphatic carbocycles. The predicted molar refractivity (Wildman–Crippen MR) is 170 cm³/mol. The van der Waals surface area contributed by atoms with Crippen LogP contribution in [0.4, 0.5) is 5.69 Å². The average Bonchev–Trinajstić information content (AvgIpc) is 3.45. The van der Waals surface area contributed by atoms with E-state index in [4.69, 9.17) is 34.8 Å². The molecule has 1 saturated carbocycles. The Morgan fingerprint density at radius 2 is 1.60 bits per heavy atom. The molecule has 7 nitrogen and oxygen atoms in total. The number of aryl methyl sites for hydroxylation is 1. The molecular formula is C31H34Cl3N3O4S. The third-order valence-electron chi connectivity index (χ3n) is 7.43. The molecule has 1 N–H and O–H groups in total. The monoisotopic (exact) mass is 649 g/mol. The van der Waals surface area contributed by atoms with Gasteiger partial charge in [0.2, 0.25) is 21.8 Å². The second kappa shape index (κ2) is 14.1. The molecule has 42 heavy (non-hydrogen) atoms. The lowest BCUT2D eigenvalue weighted by Gasteiger charge is -2.34. The largest absolute Gasteiger partial charge is 0.352 e. The third-order valence-corrected chi connectivity index (χ3v) is 9.72. The highest BCUT2D eigenvalue weighted by atomic mass is 35.5. The van der Waals surface area contributed by atoms with Crippen LogP contribution in [0.25, 0.3) is 0 Å². The first kappa shape index (κ1) is 32.1. The minimum atomic E-state index is -3.90. The molecule has 11 heteroatoms. The van der Waals surface area contributed by atoms with Crippen molar-refractivity contribution in [1.82, 2.24) is 10.2 Å². The number of rotatable bonds is 11. The maximum atomic E-state index is 14.2. The van der Waals surface area contributed by atoms with Crippen LogP contribution in [0.1, 0.15) is 42.4 Å². The van der Waals surface area contributed by atoms with Crippen LogP contribution in [0.15, 0.2) is 66.7 Å². The lowest BCUT2D eigenvalue weighted by Crippen LogP contribution is -2.54. The lowest BCUT2D eigenvalue weighted by molar-refractivity contribution is -0.140. The summed E-state index contributed by atoms with van der Waals surface area (Å²) in [6.45, 7) is 1.29. The summed E-state index contributed by atoms with van der Waals surface area (Å²) in [6, 6.07) is 18.4. The molecule has 0 aromatic heterocycles. The van der Waals surface area contributed by atoms with Gasteiger partial charge in [-0.2, -0.15) is 0 Å². The van der Waals surface area contributed by atoms with Gasteiger partial charge in [-0.1, -0.05) is 90.1 Å². The van der Waals surface area contributed by atoms with Gasteiger partial charge < -0.3 is 10.2 Å². The number of carbonyl (C=O) groups is 2. The van der Waals surface area contributed by atoms with Crippen LogP contribution >= 0.6 is 34.8 Å². The van der Waals surface area contributed by atoms with E-state index in [1.807, 2.05) is 30.3 Å². The highest BCUT2D eigenvalue weighted by molar-refractivity contribution is 7.92. The summed E-state index contributed by atoms with van der Waals surface area (Å²) in [5, 5.41) is 4.18. The quantitative estimate of drug-likeness (QED) is 0.260. The number of nitrogens with zero attached hydrogens (tertiary/aromatic N) is 2. The van der Waals surface area contributed by atoms with Crippen molar-refractivity contribution in [2.45, 2.75) is 57.7 Å². The smallest absolute Gasteiger partial charge is 0.244 e. The summed E-state index contributed by atoms with van der Waals surface area (Å²) in [6.07, 6.45) is 5.08. The molecule has 0 aliphatic heterocycles. The van der Waals surface area contributed by atoms with E-state index >= 15 is 0 Å². The van der Waals surface area contributed by atoms with E-state index in [1.54, 1.807) is 37.3 Å². The molecular weight excluding hydrogens is 617 g/mol. The highest BCUT2D eigenvalue weighted by Gasteiger charge is 2.34. The zero-order valence-corrected chi connectivity index (χ0v) is 26.6. The Kier molecular flexibility index (Phi) is 10.8. The molecule has 2 amide bonds. The number of carbonyl (C=O) groups excluding carboxylic acids is 2. The molecule has 1 atom stereocenters. The van der Waals surface area contributed by atoms with Crippen molar-refractivity contribution >= 4 is 62.3 Å². The highest BCUT2D eigenvalue weighted by Crippen LogP contribution is 2.27. The summed E-state index contributed by atoms with van der Waals surface area (Å²) >= 11 is 18.8. The maximum Gasteiger partial charge on any atom is 0.244 e. The number of nitrogens with one attached hydrogen (secondary N) is 1. The molecule has 3 aromatic carbocycles. The van der Waals surface area contributed by atoms with Gasteiger partial charge >= 0.3 is 0 Å². The van der Waals surface area contributed by atoms with Crippen LogP contribution in [0.3, 0.4) is 0 Å². The fourth-order valence-electron chi connectivity index (χ4n) is 5.11. The van der Waals surface area contributed by atoms with Crippen molar-refractivity contribution in [3.8, 4) is 0 Å². The van der Waals surface area contributed by atoms with Gasteiger partial charge in [0.1, 0.15) is 12.6 Å². The Labute approximate surface area is 262 Å². The van der Waals surface area contributed by atoms with E-state index in [0.29, 0.717) is 20.6 Å². The fourth-order valence-corrected chi connectivity index (χ4v) is 6.44. The number of halogens is 3. The standard InChI is InChI=1S/C31H34Cl3N3O4S/c1-21-12-14-25(18-27(21)33)37(42(2,40)41)20-30(38)36(19-23-13-15-26(32)28(34)16-23)29(17-22-8-4-3-5-9-22)31(39)35-24-10-6-7-11-24/h3-5,8-9,12-16,18,24,29H,6-7,10-11,17,19-20H2,1-2H3,(H,35,39)/t29-/m0/s1. The van der Waals surface area contributed by atoms with E-state index in [9.17, 15) is 18.0 Å². The summed E-state index contributed by atoms with van der Waals surface area (Å²) in [7, 11) is -3.90. The molecule has 0 heterocycles. The van der Waals surface area contributed by atoms with E-state index in [1.165, 1.54) is 11.0 Å². The second-order valence-electron chi connectivity index (χ2n) is 10.7. The SMILES string of the molecule is Cc1ccc(N(CC(=O)N(Cc2ccc(Cl)c(Cl)c2)[C@@H](Cc2ccccc2)C(=O)NC2CCCC2)S(C)(=O)=O)cc1Cl. The lowest BCUT2D eigenvalue weighted by atomic mass is 10.0. The maximum absolute atomic E-state index is 14.2. The first-order valence-electron chi connectivity index (χ1n) is 13.7. The predicted octanol–water partition coefficient (Wildman–Crippen LogP) is 6.42. The van der Waals surface area contributed by atoms with Crippen molar-refractivity contribution in [1.29, 1.82) is 0 Å². The number of hydrogen-bond acceptors (Lipinski definition) is 4. The van der Waals surface area contributed by atoms with Gasteiger partial charge in [0.25, 0.3) is 0 Å². The van der Waals surface area contributed by atoms with E-state index in [-0.39, 0.29) is 30.6 Å². The van der Waals surface area contributed by atoms with E-state index < -0.39 is 28.5 Å². The first-order chi connectivity index (χ1) is 19.9. The van der Waals surface area contributed by atoms with Gasteiger partial charge in [-0.25, -0.2) is 8.42 Å². The van der Waals surface area contributed by atoms with Crippen LogP contribution in [0, 0.1) is 6.92 Å². The molecule has 0 saturated heterocycles. The number of amides is 2. The van der Waals surface area contributed by atoms with Crippen LogP contribution in [0.5, 0.6) is 0 Å². The number of hydrogen-bond donors (Lipinski definition) is 1. The van der Waals surface area contributed by atoms with Crippen molar-refractivity contribution in [2.75, 3.05) is 17.1 Å². The number of anilines is 1. The molecule has 0 radical (unpaired) electrons. The Morgan fingerprint density at radius 3 is 2.21 bits per heavy atom. The van der Waals surface area contributed by atoms with Gasteiger partial charge in [-0.3, -0.25) is 13.9 Å². The Bertz CT molecular complexity index is 1530. The number of sulfonamides is 1. The summed E-state index contributed by atoms with van der Waals surface area (Å²) in [5.41, 5.74) is 2.54. The van der Waals surface area contributed by atoms with Crippen molar-refractivity contribution in [3.05, 3.63) is 98.5 Å². The Morgan fingerprint density at radius 1 is 0.905 bits per heavy atom. The molecule has 0 unspecified atom stereocenters. The van der Waals surface area contributed by atoms with Crippen molar-refractivity contribution < 1.29 is 18.0 Å². The van der Waals surface area contributed by atoms with Gasteiger partial charge in [0.05, 0.1) is 22.0 Å². The molecule has 224 valence electrons.